The van der Waals surface area contributed by atoms with Crippen molar-refractivity contribution in [3.05, 3.63) is 37.0 Å². The quantitative estimate of drug-likeness (QED) is 0.581. The monoisotopic (exact) mass is 249 g/mol. The lowest BCUT2D eigenvalue weighted by molar-refractivity contribution is -0.117. The van der Waals surface area contributed by atoms with Crippen LogP contribution in [0, 0.1) is 0 Å². The van der Waals surface area contributed by atoms with Gasteiger partial charge in [-0.1, -0.05) is 18.7 Å². The number of rotatable bonds is 9. The molecule has 0 aromatic carbocycles. The number of hydrogen-bond donors (Lipinski definition) is 2. The summed E-state index contributed by atoms with van der Waals surface area (Å²) in [7, 11) is 0. The van der Waals surface area contributed by atoms with E-state index >= 15 is 0 Å². The minimum atomic E-state index is -0.260. The SMILES string of the molecule is C=CC(=O)NCCC(=C[C]=O)CCNC(=O)C=C. The molecule has 0 heterocycles. The Kier molecular flexibility index (Phi) is 8.81. The number of nitrogens with one attached hydrogen (secondary N) is 2. The first-order chi connectivity index (χ1) is 8.63. The van der Waals surface area contributed by atoms with Gasteiger partial charge in [-0.25, -0.2) is 0 Å². The maximum atomic E-state index is 10.9. The number of allylic oxidation sites excluding steroid dienone is 1. The maximum absolute atomic E-state index is 10.9. The van der Waals surface area contributed by atoms with Gasteiger partial charge in [0.05, 0.1) is 0 Å². The van der Waals surface area contributed by atoms with Gasteiger partial charge in [0.25, 0.3) is 0 Å². The molecular formula is C13H17N2O3. The van der Waals surface area contributed by atoms with Crippen molar-refractivity contribution in [2.75, 3.05) is 13.1 Å². The van der Waals surface area contributed by atoms with Gasteiger partial charge in [0.15, 0.2) is 0 Å². The fourth-order valence-corrected chi connectivity index (χ4v) is 1.19. The second kappa shape index (κ2) is 10.0. The summed E-state index contributed by atoms with van der Waals surface area (Å²) >= 11 is 0. The predicted octanol–water partition coefficient (Wildman–Crippen LogP) is 0.407. The summed E-state index contributed by atoms with van der Waals surface area (Å²) < 4.78 is 0. The molecule has 0 aliphatic carbocycles. The Morgan fingerprint density at radius 1 is 1.00 bits per heavy atom. The van der Waals surface area contributed by atoms with Crippen molar-refractivity contribution >= 4 is 18.1 Å². The minimum absolute atomic E-state index is 0.260. The molecule has 0 unspecified atom stereocenters. The van der Waals surface area contributed by atoms with Gasteiger partial charge in [-0.2, -0.15) is 0 Å². The van der Waals surface area contributed by atoms with E-state index in [1.54, 1.807) is 6.29 Å². The molecule has 2 amide bonds. The summed E-state index contributed by atoms with van der Waals surface area (Å²) in [5.74, 6) is -0.520. The molecule has 0 saturated heterocycles. The number of hydrogen-bond acceptors (Lipinski definition) is 3. The van der Waals surface area contributed by atoms with Gasteiger partial charge in [-0.3, -0.25) is 14.4 Å². The van der Waals surface area contributed by atoms with Gasteiger partial charge in [0.1, 0.15) is 0 Å². The lowest BCUT2D eigenvalue weighted by Gasteiger charge is -2.07. The molecule has 1 radical (unpaired) electrons. The largest absolute Gasteiger partial charge is 0.352 e. The van der Waals surface area contributed by atoms with E-state index in [-0.39, 0.29) is 11.8 Å². The van der Waals surface area contributed by atoms with E-state index in [1.165, 1.54) is 18.2 Å². The second-order valence-electron chi connectivity index (χ2n) is 3.41. The van der Waals surface area contributed by atoms with Crippen LogP contribution in [0.15, 0.2) is 37.0 Å². The average molecular weight is 249 g/mol. The smallest absolute Gasteiger partial charge is 0.243 e. The van der Waals surface area contributed by atoms with E-state index in [4.69, 9.17) is 0 Å². The fourth-order valence-electron chi connectivity index (χ4n) is 1.19. The molecule has 0 aromatic rings. The van der Waals surface area contributed by atoms with Gasteiger partial charge in [-0.15, -0.1) is 0 Å². The van der Waals surface area contributed by atoms with Crippen LogP contribution in [-0.4, -0.2) is 31.2 Å². The molecule has 0 fully saturated rings. The van der Waals surface area contributed by atoms with Crippen molar-refractivity contribution in [1.29, 1.82) is 0 Å². The first kappa shape index (κ1) is 15.8. The van der Waals surface area contributed by atoms with Crippen LogP contribution < -0.4 is 10.6 Å². The van der Waals surface area contributed by atoms with Crippen molar-refractivity contribution in [2.24, 2.45) is 0 Å². The van der Waals surface area contributed by atoms with Crippen LogP contribution in [-0.2, 0) is 14.4 Å². The van der Waals surface area contributed by atoms with Gasteiger partial charge < -0.3 is 10.6 Å². The van der Waals surface area contributed by atoms with Crippen molar-refractivity contribution in [2.45, 2.75) is 12.8 Å². The summed E-state index contributed by atoms with van der Waals surface area (Å²) in [6, 6.07) is 0. The van der Waals surface area contributed by atoms with E-state index < -0.39 is 0 Å². The van der Waals surface area contributed by atoms with Gasteiger partial charge >= 0.3 is 0 Å². The van der Waals surface area contributed by atoms with Crippen LogP contribution in [0.1, 0.15) is 12.8 Å². The number of amides is 2. The predicted molar refractivity (Wildman–Crippen MR) is 69.4 cm³/mol. The molecule has 0 atom stereocenters. The highest BCUT2D eigenvalue weighted by atomic mass is 16.2. The summed E-state index contributed by atoms with van der Waals surface area (Å²) in [5, 5.41) is 5.20. The number of carbonyl (C=O) groups excluding carboxylic acids is 3. The van der Waals surface area contributed by atoms with Gasteiger partial charge in [0, 0.05) is 13.1 Å². The molecule has 5 nitrogen and oxygen atoms in total. The molecule has 0 saturated carbocycles. The zero-order chi connectivity index (χ0) is 13.8. The lowest BCUT2D eigenvalue weighted by Crippen LogP contribution is -2.24. The Labute approximate surface area is 107 Å². The Hall–Kier alpha value is -2.17. The Bertz CT molecular complexity index is 331. The van der Waals surface area contributed by atoms with E-state index in [1.807, 2.05) is 0 Å². The highest BCUT2D eigenvalue weighted by molar-refractivity contribution is 5.87. The van der Waals surface area contributed by atoms with Crippen LogP contribution in [0.4, 0.5) is 0 Å². The van der Waals surface area contributed by atoms with E-state index in [2.05, 4.69) is 23.8 Å². The molecule has 0 aromatic heterocycles. The maximum Gasteiger partial charge on any atom is 0.243 e. The first-order valence-corrected chi connectivity index (χ1v) is 5.50. The van der Waals surface area contributed by atoms with Crippen LogP contribution in [0.2, 0.25) is 0 Å². The van der Waals surface area contributed by atoms with Crippen molar-refractivity contribution < 1.29 is 14.4 Å². The normalized spacial score (nSPS) is 8.89. The van der Waals surface area contributed by atoms with E-state index in [0.29, 0.717) is 25.9 Å². The highest BCUT2D eigenvalue weighted by Gasteiger charge is 2.01. The second-order valence-corrected chi connectivity index (χ2v) is 3.41. The summed E-state index contributed by atoms with van der Waals surface area (Å²) in [5.41, 5.74) is 0.804. The van der Waals surface area contributed by atoms with Crippen molar-refractivity contribution in [3.8, 4) is 0 Å². The van der Waals surface area contributed by atoms with Crippen LogP contribution in [0.3, 0.4) is 0 Å². The van der Waals surface area contributed by atoms with Gasteiger partial charge in [-0.05, 0) is 31.1 Å². The average Bonchev–Trinajstić information content (AvgIpc) is 2.38. The lowest BCUT2D eigenvalue weighted by atomic mass is 10.1. The summed E-state index contributed by atoms with van der Waals surface area (Å²) in [4.78, 5) is 32.1. The van der Waals surface area contributed by atoms with Crippen LogP contribution in [0.25, 0.3) is 0 Å². The molecule has 0 bridgehead atoms. The van der Waals surface area contributed by atoms with E-state index in [0.717, 1.165) is 5.57 Å². The molecule has 0 aliphatic rings. The van der Waals surface area contributed by atoms with E-state index in [9.17, 15) is 14.4 Å². The summed E-state index contributed by atoms with van der Waals surface area (Å²) in [6.07, 6.45) is 6.43. The molecule has 0 aliphatic heterocycles. The van der Waals surface area contributed by atoms with Crippen molar-refractivity contribution in [3.63, 3.8) is 0 Å². The van der Waals surface area contributed by atoms with Crippen LogP contribution in [0.5, 0.6) is 0 Å². The highest BCUT2D eigenvalue weighted by Crippen LogP contribution is 2.04. The first-order valence-electron chi connectivity index (χ1n) is 5.50. The third-order valence-corrected chi connectivity index (χ3v) is 2.12. The topological polar surface area (TPSA) is 75.3 Å². The molecule has 97 valence electrons. The van der Waals surface area contributed by atoms with Crippen molar-refractivity contribution in [1.82, 2.24) is 10.6 Å². The zero-order valence-electron chi connectivity index (χ0n) is 10.2. The number of carbonyl (C=O) groups is 2. The Balaban J connectivity index is 4.00. The molecule has 2 N–H and O–H groups in total. The summed E-state index contributed by atoms with van der Waals surface area (Å²) in [6.45, 7) is 7.48. The molecule has 0 rings (SSSR count). The minimum Gasteiger partial charge on any atom is -0.352 e. The zero-order valence-corrected chi connectivity index (χ0v) is 10.2. The third-order valence-electron chi connectivity index (χ3n) is 2.12. The fraction of sp³-hybridized carbons (Fsp3) is 0.308. The molecular weight excluding hydrogens is 232 g/mol. The molecule has 0 spiro atoms. The van der Waals surface area contributed by atoms with Gasteiger partial charge in [0.2, 0.25) is 18.1 Å². The van der Waals surface area contributed by atoms with Crippen LogP contribution >= 0.6 is 0 Å². The Morgan fingerprint density at radius 2 is 1.44 bits per heavy atom. The standard InChI is InChI=1S/C13H17N2O3/c1-3-12(17)14-8-5-11(7-10-16)6-9-15-13(18)4-2/h3-4,7H,1-2,5-6,8-9H2,(H,14,17)(H,15,18). The molecule has 18 heavy (non-hydrogen) atoms. The third kappa shape index (κ3) is 8.04. The molecule has 5 heteroatoms. The Morgan fingerprint density at radius 3 is 1.78 bits per heavy atom.